The van der Waals surface area contributed by atoms with Crippen LogP contribution in [0.3, 0.4) is 0 Å². The molecule has 6 nitrogen and oxygen atoms in total. The minimum absolute atomic E-state index is 0.0400. The van der Waals surface area contributed by atoms with Gasteiger partial charge in [0.2, 0.25) is 5.91 Å². The van der Waals surface area contributed by atoms with E-state index in [1.54, 1.807) is 18.0 Å². The number of carbonyl (C=O) groups excluding carboxylic acids is 1. The van der Waals surface area contributed by atoms with Crippen LogP contribution in [0.5, 0.6) is 0 Å². The molecule has 6 heteroatoms. The van der Waals surface area contributed by atoms with Crippen molar-refractivity contribution in [3.8, 4) is 0 Å². The zero-order valence-electron chi connectivity index (χ0n) is 12.8. The van der Waals surface area contributed by atoms with Crippen LogP contribution in [0, 0.1) is 5.41 Å². The highest BCUT2D eigenvalue weighted by Crippen LogP contribution is 2.35. The predicted octanol–water partition coefficient (Wildman–Crippen LogP) is 1.77. The molecule has 0 unspecified atom stereocenters. The van der Waals surface area contributed by atoms with Gasteiger partial charge in [0.25, 0.3) is 0 Å². The highest BCUT2D eigenvalue weighted by molar-refractivity contribution is 5.95. The van der Waals surface area contributed by atoms with Crippen molar-refractivity contribution in [2.75, 3.05) is 25.6 Å². The Morgan fingerprint density at radius 3 is 2.76 bits per heavy atom. The minimum Gasteiger partial charge on any atom is -0.383 e. The third-order valence-corrected chi connectivity index (χ3v) is 4.35. The molecule has 1 aliphatic carbocycles. The molecule has 1 aromatic rings. The van der Waals surface area contributed by atoms with Gasteiger partial charge < -0.3 is 15.8 Å². The van der Waals surface area contributed by atoms with Crippen LogP contribution in [0.15, 0.2) is 12.4 Å². The summed E-state index contributed by atoms with van der Waals surface area (Å²) in [7, 11) is 1.66. The smallest absolute Gasteiger partial charge is 0.231 e. The molecule has 0 radical (unpaired) electrons. The topological polar surface area (TPSA) is 82.2 Å². The van der Waals surface area contributed by atoms with Gasteiger partial charge in [0.15, 0.2) is 0 Å². The van der Waals surface area contributed by atoms with Crippen molar-refractivity contribution in [3.05, 3.63) is 12.4 Å². The molecule has 0 spiro atoms. The lowest BCUT2D eigenvalue weighted by Gasteiger charge is -2.29. The Balaban J connectivity index is 1.99. The summed E-state index contributed by atoms with van der Waals surface area (Å²) in [5.41, 5.74) is 6.25. The molecule has 0 bridgehead atoms. The molecule has 0 aromatic carbocycles. The molecular formula is C15H26N4O2. The van der Waals surface area contributed by atoms with Gasteiger partial charge >= 0.3 is 0 Å². The average molecular weight is 294 g/mol. The van der Waals surface area contributed by atoms with Crippen LogP contribution in [0.1, 0.15) is 38.5 Å². The summed E-state index contributed by atoms with van der Waals surface area (Å²) in [6, 6.07) is 0. The maximum Gasteiger partial charge on any atom is 0.231 e. The second-order valence-electron chi connectivity index (χ2n) is 5.84. The van der Waals surface area contributed by atoms with E-state index in [1.165, 1.54) is 12.8 Å². The summed E-state index contributed by atoms with van der Waals surface area (Å²) >= 11 is 0. The number of hydrogen-bond acceptors (Lipinski definition) is 4. The van der Waals surface area contributed by atoms with E-state index in [9.17, 15) is 4.79 Å². The number of nitrogens with zero attached hydrogens (tertiary/aromatic N) is 2. The van der Waals surface area contributed by atoms with Crippen LogP contribution < -0.4 is 11.1 Å². The molecule has 0 aliphatic heterocycles. The highest BCUT2D eigenvalue weighted by Gasteiger charge is 2.37. The van der Waals surface area contributed by atoms with Crippen LogP contribution >= 0.6 is 0 Å². The van der Waals surface area contributed by atoms with Gasteiger partial charge in [-0.15, -0.1) is 0 Å². The zero-order valence-corrected chi connectivity index (χ0v) is 12.8. The number of anilines is 1. The van der Waals surface area contributed by atoms with Crippen molar-refractivity contribution < 1.29 is 9.53 Å². The number of methoxy groups -OCH3 is 1. The molecule has 118 valence electrons. The van der Waals surface area contributed by atoms with Gasteiger partial charge in [0, 0.05) is 19.9 Å². The Morgan fingerprint density at radius 1 is 1.43 bits per heavy atom. The minimum atomic E-state index is -0.412. The second kappa shape index (κ2) is 7.56. The van der Waals surface area contributed by atoms with Crippen molar-refractivity contribution in [1.29, 1.82) is 0 Å². The second-order valence-corrected chi connectivity index (χ2v) is 5.84. The van der Waals surface area contributed by atoms with Gasteiger partial charge in [-0.2, -0.15) is 5.10 Å². The molecule has 21 heavy (non-hydrogen) atoms. The first-order valence-corrected chi connectivity index (χ1v) is 7.73. The van der Waals surface area contributed by atoms with E-state index in [0.717, 1.165) is 31.4 Å². The number of ether oxygens (including phenoxy) is 1. The van der Waals surface area contributed by atoms with Crippen molar-refractivity contribution in [1.82, 2.24) is 9.78 Å². The Labute approximate surface area is 126 Å². The van der Waals surface area contributed by atoms with E-state index in [1.807, 2.05) is 6.20 Å². The Morgan fingerprint density at radius 2 is 2.14 bits per heavy atom. The summed E-state index contributed by atoms with van der Waals surface area (Å²) in [5, 5.41) is 7.19. The van der Waals surface area contributed by atoms with Crippen molar-refractivity contribution in [3.63, 3.8) is 0 Å². The van der Waals surface area contributed by atoms with Crippen LogP contribution in [-0.2, 0) is 16.1 Å². The van der Waals surface area contributed by atoms with E-state index < -0.39 is 5.41 Å². The molecule has 1 aliphatic rings. The number of rotatable bonds is 6. The number of hydrogen-bond donors (Lipinski definition) is 2. The average Bonchev–Trinajstić information content (AvgIpc) is 2.79. The Hall–Kier alpha value is -1.40. The van der Waals surface area contributed by atoms with Gasteiger partial charge in [-0.05, 0) is 12.8 Å². The van der Waals surface area contributed by atoms with Crippen LogP contribution in [0.2, 0.25) is 0 Å². The Kier molecular flexibility index (Phi) is 5.76. The zero-order chi connectivity index (χ0) is 15.1. The lowest BCUT2D eigenvalue weighted by molar-refractivity contribution is -0.125. The van der Waals surface area contributed by atoms with Crippen molar-refractivity contribution in [2.45, 2.75) is 45.1 Å². The predicted molar refractivity (Wildman–Crippen MR) is 81.9 cm³/mol. The van der Waals surface area contributed by atoms with Gasteiger partial charge in [-0.1, -0.05) is 25.7 Å². The fourth-order valence-corrected chi connectivity index (χ4v) is 2.93. The molecule has 1 saturated carbocycles. The van der Waals surface area contributed by atoms with Crippen LogP contribution in [0.25, 0.3) is 0 Å². The van der Waals surface area contributed by atoms with Gasteiger partial charge in [-0.3, -0.25) is 9.48 Å². The summed E-state index contributed by atoms with van der Waals surface area (Å²) in [6.07, 6.45) is 9.83. The maximum atomic E-state index is 12.6. The fraction of sp³-hybridized carbons (Fsp3) is 0.733. The third-order valence-electron chi connectivity index (χ3n) is 4.35. The lowest BCUT2D eigenvalue weighted by Crippen LogP contribution is -2.42. The van der Waals surface area contributed by atoms with Crippen LogP contribution in [-0.4, -0.2) is 35.9 Å². The SMILES string of the molecule is COCCn1cc(NC(=O)C2(CN)CCCCCC2)cn1. The Bertz CT molecular complexity index is 450. The number of nitrogens with one attached hydrogen (secondary N) is 1. The number of aromatic nitrogens is 2. The summed E-state index contributed by atoms with van der Waals surface area (Å²) < 4.78 is 6.78. The molecule has 1 amide bonds. The quantitative estimate of drug-likeness (QED) is 0.783. The van der Waals surface area contributed by atoms with E-state index in [4.69, 9.17) is 10.5 Å². The number of carbonyl (C=O) groups is 1. The largest absolute Gasteiger partial charge is 0.383 e. The molecule has 1 aromatic heterocycles. The van der Waals surface area contributed by atoms with Crippen molar-refractivity contribution in [2.24, 2.45) is 11.1 Å². The van der Waals surface area contributed by atoms with E-state index in [2.05, 4.69) is 10.4 Å². The molecule has 2 rings (SSSR count). The van der Waals surface area contributed by atoms with E-state index in [0.29, 0.717) is 19.7 Å². The summed E-state index contributed by atoms with van der Waals surface area (Å²) in [6.45, 7) is 1.69. The van der Waals surface area contributed by atoms with Gasteiger partial charge in [0.05, 0.1) is 30.5 Å². The highest BCUT2D eigenvalue weighted by atomic mass is 16.5. The van der Waals surface area contributed by atoms with Gasteiger partial charge in [0.1, 0.15) is 0 Å². The normalized spacial score (nSPS) is 18.2. The van der Waals surface area contributed by atoms with Crippen molar-refractivity contribution >= 4 is 11.6 Å². The molecule has 1 heterocycles. The maximum absolute atomic E-state index is 12.6. The van der Waals surface area contributed by atoms with Gasteiger partial charge in [-0.25, -0.2) is 0 Å². The molecule has 0 saturated heterocycles. The summed E-state index contributed by atoms with van der Waals surface area (Å²) in [4.78, 5) is 12.6. The molecule has 1 fully saturated rings. The first-order valence-electron chi connectivity index (χ1n) is 7.73. The third kappa shape index (κ3) is 4.04. The summed E-state index contributed by atoms with van der Waals surface area (Å²) in [5.74, 6) is 0.0400. The first-order chi connectivity index (χ1) is 10.2. The van der Waals surface area contributed by atoms with Crippen LogP contribution in [0.4, 0.5) is 5.69 Å². The molecule has 0 atom stereocenters. The van der Waals surface area contributed by atoms with E-state index in [-0.39, 0.29) is 5.91 Å². The fourth-order valence-electron chi connectivity index (χ4n) is 2.93. The molecule has 3 N–H and O–H groups in total. The monoisotopic (exact) mass is 294 g/mol. The van der Waals surface area contributed by atoms with E-state index >= 15 is 0 Å². The lowest BCUT2D eigenvalue weighted by atomic mass is 9.79. The standard InChI is InChI=1S/C15H26N4O2/c1-21-9-8-19-11-13(10-17-19)18-14(20)15(12-16)6-4-2-3-5-7-15/h10-11H,2-9,12,16H2,1H3,(H,18,20). The number of amides is 1. The number of nitrogens with two attached hydrogens (primary N) is 1. The molecular weight excluding hydrogens is 268 g/mol. The first kappa shape index (κ1) is 16.0.